The van der Waals surface area contributed by atoms with Crippen LogP contribution in [0.25, 0.3) is 11.3 Å². The molecule has 0 saturated carbocycles. The predicted molar refractivity (Wildman–Crippen MR) is 86.5 cm³/mol. The summed E-state index contributed by atoms with van der Waals surface area (Å²) in [5.74, 6) is -0.312. The first kappa shape index (κ1) is 15.9. The molecular weight excluding hydrogens is 312 g/mol. The first-order valence-electron chi connectivity index (χ1n) is 7.50. The third-order valence-corrected chi connectivity index (χ3v) is 3.55. The van der Waals surface area contributed by atoms with E-state index in [-0.39, 0.29) is 23.3 Å². The molecule has 122 valence electrons. The van der Waals surface area contributed by atoms with E-state index in [2.05, 4.69) is 5.32 Å². The first-order chi connectivity index (χ1) is 11.6. The Morgan fingerprint density at radius 1 is 0.958 bits per heavy atom. The Hall–Kier alpha value is -2.95. The second kappa shape index (κ2) is 7.08. The molecule has 0 spiro atoms. The minimum Gasteiger partial charge on any atom is -0.451 e. The number of carbonyl (C=O) groups excluding carboxylic acids is 1. The fourth-order valence-corrected chi connectivity index (χ4v) is 2.33. The number of amides is 1. The molecule has 0 aliphatic carbocycles. The Labute approximate surface area is 137 Å². The smallest absolute Gasteiger partial charge is 0.287 e. The highest BCUT2D eigenvalue weighted by Gasteiger charge is 2.12. The highest BCUT2D eigenvalue weighted by molar-refractivity contribution is 5.92. The van der Waals surface area contributed by atoms with Gasteiger partial charge in [0.1, 0.15) is 17.4 Å². The van der Waals surface area contributed by atoms with Crippen molar-refractivity contribution >= 4 is 5.91 Å². The quantitative estimate of drug-likeness (QED) is 0.763. The maximum Gasteiger partial charge on any atom is 0.287 e. The van der Waals surface area contributed by atoms with Gasteiger partial charge in [-0.3, -0.25) is 4.79 Å². The topological polar surface area (TPSA) is 42.2 Å². The van der Waals surface area contributed by atoms with Crippen molar-refractivity contribution in [1.82, 2.24) is 5.32 Å². The lowest BCUT2D eigenvalue weighted by molar-refractivity contribution is 0.0927. The van der Waals surface area contributed by atoms with Gasteiger partial charge in [0.05, 0.1) is 0 Å². The second-order valence-electron chi connectivity index (χ2n) is 5.31. The van der Waals surface area contributed by atoms with Crippen molar-refractivity contribution in [2.45, 2.75) is 6.42 Å². The number of hydrogen-bond donors (Lipinski definition) is 1. The van der Waals surface area contributed by atoms with Crippen molar-refractivity contribution in [1.29, 1.82) is 0 Å². The van der Waals surface area contributed by atoms with E-state index in [1.165, 1.54) is 24.3 Å². The van der Waals surface area contributed by atoms with Crippen LogP contribution in [0.1, 0.15) is 16.1 Å². The van der Waals surface area contributed by atoms with Crippen LogP contribution in [0.3, 0.4) is 0 Å². The molecule has 1 aromatic heterocycles. The molecule has 0 atom stereocenters. The number of furan rings is 1. The summed E-state index contributed by atoms with van der Waals surface area (Å²) in [6, 6.07) is 15.3. The zero-order valence-corrected chi connectivity index (χ0v) is 12.8. The van der Waals surface area contributed by atoms with Crippen LogP contribution in [-0.4, -0.2) is 12.5 Å². The maximum atomic E-state index is 13.1. The van der Waals surface area contributed by atoms with E-state index in [0.717, 1.165) is 5.56 Å². The standard InChI is InChI=1S/C19H15F2NO2/c20-15-6-4-14(5-7-15)17-8-9-18(24-17)19(23)22-11-10-13-2-1-3-16(21)12-13/h1-9,12H,10-11H2,(H,22,23). The molecule has 0 bridgehead atoms. The summed E-state index contributed by atoms with van der Waals surface area (Å²) in [5.41, 5.74) is 1.50. The van der Waals surface area contributed by atoms with Gasteiger partial charge in [0.25, 0.3) is 5.91 Å². The van der Waals surface area contributed by atoms with Crippen molar-refractivity contribution < 1.29 is 18.0 Å². The molecule has 3 nitrogen and oxygen atoms in total. The molecule has 24 heavy (non-hydrogen) atoms. The van der Waals surface area contributed by atoms with Gasteiger partial charge in [0, 0.05) is 12.1 Å². The number of nitrogens with one attached hydrogen (secondary N) is 1. The molecule has 3 aromatic rings. The fraction of sp³-hybridized carbons (Fsp3) is 0.105. The molecule has 3 rings (SSSR count). The van der Waals surface area contributed by atoms with Crippen LogP contribution in [0.15, 0.2) is 65.1 Å². The molecular formula is C19H15F2NO2. The molecule has 0 radical (unpaired) electrons. The van der Waals surface area contributed by atoms with Crippen LogP contribution in [0, 0.1) is 11.6 Å². The molecule has 0 fully saturated rings. The van der Waals surface area contributed by atoms with E-state index >= 15 is 0 Å². The fourth-order valence-electron chi connectivity index (χ4n) is 2.33. The lowest BCUT2D eigenvalue weighted by Crippen LogP contribution is -2.25. The van der Waals surface area contributed by atoms with E-state index in [0.29, 0.717) is 24.3 Å². The van der Waals surface area contributed by atoms with Crippen LogP contribution in [0.4, 0.5) is 8.78 Å². The number of carbonyl (C=O) groups is 1. The van der Waals surface area contributed by atoms with E-state index in [1.54, 1.807) is 36.4 Å². The molecule has 5 heteroatoms. The first-order valence-corrected chi connectivity index (χ1v) is 7.50. The number of rotatable bonds is 5. The summed E-state index contributed by atoms with van der Waals surface area (Å²) in [4.78, 5) is 12.1. The zero-order chi connectivity index (χ0) is 16.9. The molecule has 1 amide bonds. The Balaban J connectivity index is 1.58. The Kier molecular flexibility index (Phi) is 4.70. The van der Waals surface area contributed by atoms with Crippen LogP contribution in [0.2, 0.25) is 0 Å². The van der Waals surface area contributed by atoms with Gasteiger partial charge < -0.3 is 9.73 Å². The van der Waals surface area contributed by atoms with Crippen molar-refractivity contribution in [2.75, 3.05) is 6.54 Å². The Bertz CT molecular complexity index is 841. The van der Waals surface area contributed by atoms with Gasteiger partial charge in [0.2, 0.25) is 0 Å². The predicted octanol–water partition coefficient (Wildman–Crippen LogP) is 4.20. The molecule has 1 N–H and O–H groups in total. The normalized spacial score (nSPS) is 10.6. The lowest BCUT2D eigenvalue weighted by atomic mass is 10.1. The van der Waals surface area contributed by atoms with Crippen molar-refractivity contribution in [2.24, 2.45) is 0 Å². The van der Waals surface area contributed by atoms with Crippen molar-refractivity contribution in [3.8, 4) is 11.3 Å². The Morgan fingerprint density at radius 3 is 2.50 bits per heavy atom. The molecule has 0 aliphatic heterocycles. The van der Waals surface area contributed by atoms with Gasteiger partial charge in [-0.15, -0.1) is 0 Å². The molecule has 0 saturated heterocycles. The third-order valence-electron chi connectivity index (χ3n) is 3.55. The summed E-state index contributed by atoms with van der Waals surface area (Å²) < 4.78 is 31.5. The summed E-state index contributed by atoms with van der Waals surface area (Å²) >= 11 is 0. The average molecular weight is 327 g/mol. The maximum absolute atomic E-state index is 13.1. The minimum absolute atomic E-state index is 0.175. The molecule has 1 heterocycles. The third kappa shape index (κ3) is 3.87. The zero-order valence-electron chi connectivity index (χ0n) is 12.8. The van der Waals surface area contributed by atoms with Crippen LogP contribution < -0.4 is 5.32 Å². The summed E-state index contributed by atoms with van der Waals surface area (Å²) in [6.07, 6.45) is 0.523. The van der Waals surface area contributed by atoms with Gasteiger partial charge >= 0.3 is 0 Å². The average Bonchev–Trinajstić information content (AvgIpc) is 3.05. The van der Waals surface area contributed by atoms with Crippen molar-refractivity contribution in [3.05, 3.63) is 83.6 Å². The number of benzene rings is 2. The van der Waals surface area contributed by atoms with Crippen LogP contribution >= 0.6 is 0 Å². The SMILES string of the molecule is O=C(NCCc1cccc(F)c1)c1ccc(-c2ccc(F)cc2)o1. The minimum atomic E-state index is -0.347. The van der Waals surface area contributed by atoms with Crippen molar-refractivity contribution in [3.63, 3.8) is 0 Å². The van der Waals surface area contributed by atoms with Crippen LogP contribution in [0.5, 0.6) is 0 Å². The summed E-state index contributed by atoms with van der Waals surface area (Å²) in [5, 5.41) is 2.73. The van der Waals surface area contributed by atoms with E-state index in [9.17, 15) is 13.6 Å². The highest BCUT2D eigenvalue weighted by Crippen LogP contribution is 2.22. The second-order valence-corrected chi connectivity index (χ2v) is 5.31. The molecule has 0 unspecified atom stereocenters. The van der Waals surface area contributed by atoms with Crippen LogP contribution in [-0.2, 0) is 6.42 Å². The van der Waals surface area contributed by atoms with E-state index in [1.807, 2.05) is 0 Å². The molecule has 2 aromatic carbocycles. The van der Waals surface area contributed by atoms with Gasteiger partial charge in [-0.25, -0.2) is 8.78 Å². The van der Waals surface area contributed by atoms with E-state index < -0.39 is 0 Å². The molecule has 0 aliphatic rings. The summed E-state index contributed by atoms with van der Waals surface area (Å²) in [6.45, 7) is 0.370. The number of halogens is 2. The lowest BCUT2D eigenvalue weighted by Gasteiger charge is -2.04. The van der Waals surface area contributed by atoms with Gasteiger partial charge in [-0.1, -0.05) is 12.1 Å². The summed E-state index contributed by atoms with van der Waals surface area (Å²) in [7, 11) is 0. The van der Waals surface area contributed by atoms with Gasteiger partial charge in [-0.2, -0.15) is 0 Å². The Morgan fingerprint density at radius 2 is 1.75 bits per heavy atom. The number of hydrogen-bond acceptors (Lipinski definition) is 2. The largest absolute Gasteiger partial charge is 0.451 e. The monoisotopic (exact) mass is 327 g/mol. The van der Waals surface area contributed by atoms with Gasteiger partial charge in [0.15, 0.2) is 5.76 Å². The van der Waals surface area contributed by atoms with Gasteiger partial charge in [-0.05, 0) is 60.5 Å². The highest BCUT2D eigenvalue weighted by atomic mass is 19.1. The van der Waals surface area contributed by atoms with E-state index in [4.69, 9.17) is 4.42 Å².